The molecule has 0 bridgehead atoms. The van der Waals surface area contributed by atoms with Gasteiger partial charge < -0.3 is 9.47 Å². The molecule has 1 aliphatic rings. The molecule has 1 saturated heterocycles. The van der Waals surface area contributed by atoms with Crippen molar-refractivity contribution in [1.82, 2.24) is 4.90 Å². The minimum atomic E-state index is -0.00183. The van der Waals surface area contributed by atoms with E-state index in [-0.39, 0.29) is 5.60 Å². The summed E-state index contributed by atoms with van der Waals surface area (Å²) in [5.41, 5.74) is -0.00183. The lowest BCUT2D eigenvalue weighted by Crippen LogP contribution is -2.47. The highest BCUT2D eigenvalue weighted by Gasteiger charge is 2.22. The van der Waals surface area contributed by atoms with Gasteiger partial charge in [-0.05, 0) is 34.2 Å². The first kappa shape index (κ1) is 12.0. The highest BCUT2D eigenvalue weighted by molar-refractivity contribution is 4.74. The van der Waals surface area contributed by atoms with Gasteiger partial charge in [0.2, 0.25) is 0 Å². The Labute approximate surface area is 87.4 Å². The molecule has 0 unspecified atom stereocenters. The fourth-order valence-corrected chi connectivity index (χ4v) is 1.35. The molecule has 1 fully saturated rings. The van der Waals surface area contributed by atoms with Gasteiger partial charge in [-0.15, -0.1) is 0 Å². The van der Waals surface area contributed by atoms with Crippen LogP contribution in [0.2, 0.25) is 0 Å². The Hall–Kier alpha value is -0.120. The Kier molecular flexibility index (Phi) is 4.35. The molecule has 0 spiro atoms. The van der Waals surface area contributed by atoms with Crippen molar-refractivity contribution >= 4 is 0 Å². The number of hydrogen-bond acceptors (Lipinski definition) is 3. The van der Waals surface area contributed by atoms with Gasteiger partial charge in [0, 0.05) is 13.2 Å². The first-order valence-electron chi connectivity index (χ1n) is 5.41. The van der Waals surface area contributed by atoms with E-state index < -0.39 is 0 Å². The molecule has 0 N–H and O–H groups in total. The molecule has 14 heavy (non-hydrogen) atoms. The molecule has 1 aliphatic heterocycles. The highest BCUT2D eigenvalue weighted by atomic mass is 16.5. The third kappa shape index (κ3) is 4.40. The molecule has 0 aromatic carbocycles. The van der Waals surface area contributed by atoms with Crippen LogP contribution in [-0.4, -0.2) is 50.0 Å². The largest absolute Gasteiger partial charge is 0.378 e. The maximum absolute atomic E-state index is 5.65. The lowest BCUT2D eigenvalue weighted by molar-refractivity contribution is -0.0610. The zero-order valence-electron chi connectivity index (χ0n) is 9.88. The van der Waals surface area contributed by atoms with Gasteiger partial charge in [-0.25, -0.2) is 0 Å². The lowest BCUT2D eigenvalue weighted by Gasteiger charge is -2.34. The maximum Gasteiger partial charge on any atom is 0.0645 e. The van der Waals surface area contributed by atoms with Crippen molar-refractivity contribution in [3.05, 3.63) is 0 Å². The molecule has 0 amide bonds. The predicted molar refractivity (Wildman–Crippen MR) is 57.6 cm³/mol. The smallest absolute Gasteiger partial charge is 0.0645 e. The topological polar surface area (TPSA) is 21.7 Å². The number of rotatable bonds is 5. The van der Waals surface area contributed by atoms with Crippen LogP contribution in [0.5, 0.6) is 0 Å². The fraction of sp³-hybridized carbons (Fsp3) is 1.00. The molecular formula is C11H23NO2. The van der Waals surface area contributed by atoms with Crippen LogP contribution in [0.1, 0.15) is 27.2 Å². The second-order valence-corrected chi connectivity index (χ2v) is 4.99. The highest BCUT2D eigenvalue weighted by Crippen LogP contribution is 2.10. The van der Waals surface area contributed by atoms with Crippen LogP contribution < -0.4 is 0 Å². The molecule has 0 radical (unpaired) electrons. The van der Waals surface area contributed by atoms with Crippen molar-refractivity contribution in [3.8, 4) is 0 Å². The summed E-state index contributed by atoms with van der Waals surface area (Å²) in [5.74, 6) is 0. The first-order valence-corrected chi connectivity index (χ1v) is 5.41. The third-order valence-electron chi connectivity index (χ3n) is 2.43. The van der Waals surface area contributed by atoms with Crippen molar-refractivity contribution in [2.45, 2.75) is 38.8 Å². The Morgan fingerprint density at radius 2 is 2.00 bits per heavy atom. The molecular weight excluding hydrogens is 178 g/mol. The monoisotopic (exact) mass is 201 g/mol. The predicted octanol–water partition coefficient (Wildman–Crippen LogP) is 1.52. The fourth-order valence-electron chi connectivity index (χ4n) is 1.35. The quantitative estimate of drug-likeness (QED) is 0.630. The minimum Gasteiger partial charge on any atom is -0.378 e. The van der Waals surface area contributed by atoms with Crippen LogP contribution >= 0.6 is 0 Å². The van der Waals surface area contributed by atoms with Gasteiger partial charge in [-0.2, -0.15) is 0 Å². The van der Waals surface area contributed by atoms with Crippen molar-refractivity contribution in [3.63, 3.8) is 0 Å². The van der Waals surface area contributed by atoms with Gasteiger partial charge in [0.25, 0.3) is 0 Å². The molecule has 1 heterocycles. The molecule has 84 valence electrons. The lowest BCUT2D eigenvalue weighted by atomic mass is 10.2. The van der Waals surface area contributed by atoms with E-state index in [1.165, 1.54) is 0 Å². The number of nitrogens with zero attached hydrogens (tertiary/aromatic N) is 1. The zero-order valence-corrected chi connectivity index (χ0v) is 9.88. The third-order valence-corrected chi connectivity index (χ3v) is 2.43. The second kappa shape index (κ2) is 5.10. The Morgan fingerprint density at radius 1 is 1.36 bits per heavy atom. The van der Waals surface area contributed by atoms with Gasteiger partial charge in [-0.3, -0.25) is 4.90 Å². The van der Waals surface area contributed by atoms with E-state index in [0.29, 0.717) is 6.04 Å². The average Bonchev–Trinajstić information content (AvgIpc) is 1.92. The number of hydrogen-bond donors (Lipinski definition) is 0. The summed E-state index contributed by atoms with van der Waals surface area (Å²) in [7, 11) is 2.16. The molecule has 3 nitrogen and oxygen atoms in total. The molecule has 0 aliphatic carbocycles. The van der Waals surface area contributed by atoms with Crippen LogP contribution in [0.25, 0.3) is 0 Å². The van der Waals surface area contributed by atoms with E-state index in [4.69, 9.17) is 9.47 Å². The van der Waals surface area contributed by atoms with E-state index >= 15 is 0 Å². The summed E-state index contributed by atoms with van der Waals surface area (Å²) in [6.07, 6.45) is 1.10. The number of likely N-dealkylation sites (N-methyl/N-ethyl adjacent to an activating group) is 1. The van der Waals surface area contributed by atoms with Gasteiger partial charge in [0.1, 0.15) is 0 Å². The second-order valence-electron chi connectivity index (χ2n) is 4.99. The van der Waals surface area contributed by atoms with Crippen LogP contribution in [0.4, 0.5) is 0 Å². The molecule has 3 heteroatoms. The Balaban J connectivity index is 1.97. The standard InChI is InChI=1S/C11H23NO2/c1-11(2,3)14-7-5-6-12(4)10-8-13-9-10/h10H,5-9H2,1-4H3. The van der Waals surface area contributed by atoms with E-state index in [1.54, 1.807) is 0 Å². The van der Waals surface area contributed by atoms with E-state index in [0.717, 1.165) is 32.8 Å². The van der Waals surface area contributed by atoms with Crippen LogP contribution in [0, 0.1) is 0 Å². The summed E-state index contributed by atoms with van der Waals surface area (Å²) in [5, 5.41) is 0. The van der Waals surface area contributed by atoms with Gasteiger partial charge in [-0.1, -0.05) is 0 Å². The summed E-state index contributed by atoms with van der Waals surface area (Å²) in [6.45, 7) is 10.0. The average molecular weight is 201 g/mol. The minimum absolute atomic E-state index is 0.00183. The van der Waals surface area contributed by atoms with Crippen LogP contribution in [0.15, 0.2) is 0 Å². The van der Waals surface area contributed by atoms with Gasteiger partial charge in [0.15, 0.2) is 0 Å². The Bertz CT molecular complexity index is 161. The van der Waals surface area contributed by atoms with Crippen LogP contribution in [-0.2, 0) is 9.47 Å². The van der Waals surface area contributed by atoms with E-state index in [1.807, 2.05) is 0 Å². The van der Waals surface area contributed by atoms with Gasteiger partial charge in [0.05, 0.1) is 24.9 Å². The normalized spacial score (nSPS) is 18.6. The molecule has 0 saturated carbocycles. The van der Waals surface area contributed by atoms with Gasteiger partial charge >= 0.3 is 0 Å². The summed E-state index contributed by atoms with van der Waals surface area (Å²) >= 11 is 0. The number of ether oxygens (including phenoxy) is 2. The summed E-state index contributed by atoms with van der Waals surface area (Å²) in [4.78, 5) is 2.36. The van der Waals surface area contributed by atoms with E-state index in [9.17, 15) is 0 Å². The van der Waals surface area contributed by atoms with Crippen molar-refractivity contribution in [2.75, 3.05) is 33.4 Å². The van der Waals surface area contributed by atoms with Crippen molar-refractivity contribution in [2.24, 2.45) is 0 Å². The molecule has 1 rings (SSSR count). The van der Waals surface area contributed by atoms with Crippen molar-refractivity contribution in [1.29, 1.82) is 0 Å². The summed E-state index contributed by atoms with van der Waals surface area (Å²) in [6, 6.07) is 0.643. The molecule has 0 atom stereocenters. The van der Waals surface area contributed by atoms with Crippen LogP contribution in [0.3, 0.4) is 0 Å². The summed E-state index contributed by atoms with van der Waals surface area (Å²) < 4.78 is 10.8. The SMILES string of the molecule is CN(CCCOC(C)(C)C)C1COC1. The molecule has 0 aromatic heterocycles. The first-order chi connectivity index (χ1) is 6.49. The van der Waals surface area contributed by atoms with E-state index in [2.05, 4.69) is 32.7 Å². The van der Waals surface area contributed by atoms with Crippen molar-refractivity contribution < 1.29 is 9.47 Å². The Morgan fingerprint density at radius 3 is 2.43 bits per heavy atom. The zero-order chi connectivity index (χ0) is 10.6. The maximum atomic E-state index is 5.65. The molecule has 0 aromatic rings.